The minimum atomic E-state index is -1.30. The summed E-state index contributed by atoms with van der Waals surface area (Å²) < 4.78 is 13.3. The zero-order valence-corrected chi connectivity index (χ0v) is 18.9. The Morgan fingerprint density at radius 3 is 2.31 bits per heavy atom. The summed E-state index contributed by atoms with van der Waals surface area (Å²) in [6.45, 7) is 0.181. The number of hydrogen-bond acceptors (Lipinski definition) is 5. The van der Waals surface area contributed by atoms with Crippen LogP contribution in [0.25, 0.3) is 0 Å². The molecule has 0 unspecified atom stereocenters. The molecule has 1 amide bonds. The number of aromatic carboxylic acids is 1. The molecule has 0 radical (unpaired) electrons. The van der Waals surface area contributed by atoms with E-state index in [9.17, 15) is 29.2 Å². The Balaban J connectivity index is 1.74. The molecule has 178 valence electrons. The SMILES string of the molecule is O=C(O)c1ccc(N2C=CN(Cc3ccc(F)cc3)C(=O)[C@@H]2Cc2ccc(Cl)cc2)c([N+](=O)[O-])c1. The van der Waals surface area contributed by atoms with Gasteiger partial charge in [0, 0.05) is 29.9 Å². The van der Waals surface area contributed by atoms with Crippen molar-refractivity contribution in [2.75, 3.05) is 4.90 Å². The topological polar surface area (TPSA) is 104 Å². The van der Waals surface area contributed by atoms with Crippen LogP contribution in [0.1, 0.15) is 21.5 Å². The first-order chi connectivity index (χ1) is 16.7. The molecule has 0 aliphatic carbocycles. The Kier molecular flexibility index (Phi) is 6.79. The van der Waals surface area contributed by atoms with Crippen LogP contribution in [0, 0.1) is 15.9 Å². The maximum Gasteiger partial charge on any atom is 0.335 e. The molecule has 4 rings (SSSR count). The number of halogens is 2. The highest BCUT2D eigenvalue weighted by Gasteiger charge is 2.35. The molecule has 8 nitrogen and oxygen atoms in total. The summed E-state index contributed by atoms with van der Waals surface area (Å²) in [6, 6.07) is 15.3. The summed E-state index contributed by atoms with van der Waals surface area (Å²) in [5.74, 6) is -2.02. The number of nitro groups is 1. The van der Waals surface area contributed by atoms with Gasteiger partial charge in [0.15, 0.2) is 0 Å². The van der Waals surface area contributed by atoms with Gasteiger partial charge >= 0.3 is 5.97 Å². The lowest BCUT2D eigenvalue weighted by atomic mass is 10.0. The van der Waals surface area contributed by atoms with E-state index in [0.717, 1.165) is 11.6 Å². The maximum absolute atomic E-state index is 13.6. The predicted octanol–water partition coefficient (Wildman–Crippen LogP) is 5.02. The van der Waals surface area contributed by atoms with Crippen molar-refractivity contribution >= 4 is 34.9 Å². The Hall–Kier alpha value is -4.24. The molecule has 1 atom stereocenters. The Bertz CT molecular complexity index is 1310. The van der Waals surface area contributed by atoms with E-state index in [2.05, 4.69) is 0 Å². The highest BCUT2D eigenvalue weighted by Crippen LogP contribution is 2.34. The summed E-state index contributed by atoms with van der Waals surface area (Å²) in [4.78, 5) is 39.0. The van der Waals surface area contributed by atoms with Crippen LogP contribution >= 0.6 is 11.6 Å². The van der Waals surface area contributed by atoms with Gasteiger partial charge in [-0.1, -0.05) is 35.9 Å². The number of carboxylic acid groups (broad SMARTS) is 1. The molecule has 1 aliphatic heterocycles. The number of carbonyl (C=O) groups is 2. The highest BCUT2D eigenvalue weighted by molar-refractivity contribution is 6.30. The van der Waals surface area contributed by atoms with Crippen molar-refractivity contribution in [2.24, 2.45) is 0 Å². The van der Waals surface area contributed by atoms with Crippen molar-refractivity contribution in [1.82, 2.24) is 4.90 Å². The second-order valence-corrected chi connectivity index (χ2v) is 8.35. The number of nitrogens with zero attached hydrogens (tertiary/aromatic N) is 3. The zero-order chi connectivity index (χ0) is 25.1. The van der Waals surface area contributed by atoms with E-state index in [4.69, 9.17) is 11.6 Å². The predicted molar refractivity (Wildman–Crippen MR) is 128 cm³/mol. The largest absolute Gasteiger partial charge is 0.478 e. The van der Waals surface area contributed by atoms with Gasteiger partial charge in [0.05, 0.1) is 17.0 Å². The van der Waals surface area contributed by atoms with Crippen molar-refractivity contribution in [1.29, 1.82) is 0 Å². The van der Waals surface area contributed by atoms with Crippen molar-refractivity contribution in [3.8, 4) is 0 Å². The van der Waals surface area contributed by atoms with Gasteiger partial charge in [-0.15, -0.1) is 0 Å². The lowest BCUT2D eigenvalue weighted by Crippen LogP contribution is -2.49. The molecular formula is C25H19ClFN3O5. The van der Waals surface area contributed by atoms with Gasteiger partial charge in [0.1, 0.15) is 17.5 Å². The van der Waals surface area contributed by atoms with E-state index < -0.39 is 28.4 Å². The van der Waals surface area contributed by atoms with Crippen molar-refractivity contribution in [3.63, 3.8) is 0 Å². The summed E-state index contributed by atoms with van der Waals surface area (Å²) in [5, 5.41) is 21.6. The fourth-order valence-corrected chi connectivity index (χ4v) is 3.98. The molecule has 10 heteroatoms. The average molecular weight is 496 g/mol. The van der Waals surface area contributed by atoms with E-state index in [0.29, 0.717) is 10.6 Å². The van der Waals surface area contributed by atoms with E-state index in [1.54, 1.807) is 42.6 Å². The molecule has 3 aromatic carbocycles. The molecule has 1 heterocycles. The van der Waals surface area contributed by atoms with Crippen LogP contribution in [-0.2, 0) is 17.8 Å². The van der Waals surface area contributed by atoms with Crippen molar-refractivity contribution < 1.29 is 24.0 Å². The molecule has 0 fully saturated rings. The molecular weight excluding hydrogens is 477 g/mol. The summed E-state index contributed by atoms with van der Waals surface area (Å²) in [5.41, 5.74) is 0.903. The van der Waals surface area contributed by atoms with E-state index >= 15 is 0 Å². The highest BCUT2D eigenvalue weighted by atomic mass is 35.5. The van der Waals surface area contributed by atoms with E-state index in [-0.39, 0.29) is 30.1 Å². The van der Waals surface area contributed by atoms with Crippen LogP contribution < -0.4 is 4.90 Å². The Morgan fingerprint density at radius 1 is 1.03 bits per heavy atom. The molecule has 0 saturated carbocycles. The van der Waals surface area contributed by atoms with E-state index in [1.807, 2.05) is 0 Å². The van der Waals surface area contributed by atoms with Crippen LogP contribution in [0.15, 0.2) is 79.1 Å². The number of benzene rings is 3. The maximum atomic E-state index is 13.6. The minimum Gasteiger partial charge on any atom is -0.478 e. The van der Waals surface area contributed by atoms with Crippen LogP contribution in [0.2, 0.25) is 5.02 Å². The second-order valence-electron chi connectivity index (χ2n) is 7.91. The molecule has 0 saturated heterocycles. The molecule has 0 bridgehead atoms. The zero-order valence-electron chi connectivity index (χ0n) is 18.2. The third-order valence-corrected chi connectivity index (χ3v) is 5.87. The number of carbonyl (C=O) groups excluding carboxylic acids is 1. The van der Waals surface area contributed by atoms with Gasteiger partial charge in [-0.3, -0.25) is 14.9 Å². The van der Waals surface area contributed by atoms with Crippen LogP contribution in [0.3, 0.4) is 0 Å². The third-order valence-electron chi connectivity index (χ3n) is 5.62. The normalized spacial score (nSPS) is 15.4. The first-order valence-electron chi connectivity index (χ1n) is 10.5. The Morgan fingerprint density at radius 2 is 1.69 bits per heavy atom. The first-order valence-corrected chi connectivity index (χ1v) is 10.9. The summed E-state index contributed by atoms with van der Waals surface area (Å²) in [6.07, 6.45) is 3.26. The van der Waals surface area contributed by atoms with Crippen LogP contribution in [-0.4, -0.2) is 32.8 Å². The quantitative estimate of drug-likeness (QED) is 0.364. The lowest BCUT2D eigenvalue weighted by Gasteiger charge is -2.37. The van der Waals surface area contributed by atoms with Gasteiger partial charge in [-0.05, 0) is 47.5 Å². The number of amides is 1. The number of nitro benzene ring substituents is 1. The lowest BCUT2D eigenvalue weighted by molar-refractivity contribution is -0.384. The molecule has 1 N–H and O–H groups in total. The van der Waals surface area contributed by atoms with Crippen LogP contribution in [0.5, 0.6) is 0 Å². The summed E-state index contributed by atoms with van der Waals surface area (Å²) in [7, 11) is 0. The number of hydrogen-bond donors (Lipinski definition) is 1. The van der Waals surface area contributed by atoms with Crippen molar-refractivity contribution in [2.45, 2.75) is 19.0 Å². The number of carboxylic acids is 1. The summed E-state index contributed by atoms with van der Waals surface area (Å²) >= 11 is 5.98. The molecule has 1 aliphatic rings. The molecule has 0 spiro atoms. The fourth-order valence-electron chi connectivity index (χ4n) is 3.86. The molecule has 0 aromatic heterocycles. The average Bonchev–Trinajstić information content (AvgIpc) is 2.84. The number of anilines is 1. The smallest absolute Gasteiger partial charge is 0.335 e. The fraction of sp³-hybridized carbons (Fsp3) is 0.120. The van der Waals surface area contributed by atoms with Crippen molar-refractivity contribution in [3.05, 3.63) is 117 Å². The van der Waals surface area contributed by atoms with Crippen LogP contribution in [0.4, 0.5) is 15.8 Å². The van der Waals surface area contributed by atoms with Gasteiger partial charge < -0.3 is 14.9 Å². The number of rotatable bonds is 7. The van der Waals surface area contributed by atoms with Gasteiger partial charge in [0.25, 0.3) is 5.69 Å². The minimum absolute atomic E-state index is 0.0880. The molecule has 35 heavy (non-hydrogen) atoms. The Labute approximate surface area is 204 Å². The first kappa shape index (κ1) is 23.9. The van der Waals surface area contributed by atoms with E-state index in [1.165, 1.54) is 40.3 Å². The molecule has 3 aromatic rings. The standard InChI is InChI=1S/C25H19ClFN3O5/c26-19-6-1-16(2-7-19)13-23-24(31)28(15-17-3-8-20(27)9-4-17)11-12-29(23)21-10-5-18(25(32)33)14-22(21)30(34)35/h1-12,14,23H,13,15H2,(H,32,33)/t23-/m0/s1. The van der Waals surface area contributed by atoms with Gasteiger partial charge in [0.2, 0.25) is 5.91 Å². The third kappa shape index (κ3) is 5.30. The second kappa shape index (κ2) is 9.94. The monoisotopic (exact) mass is 495 g/mol. The van der Waals surface area contributed by atoms with Gasteiger partial charge in [-0.2, -0.15) is 0 Å². The van der Waals surface area contributed by atoms with Gasteiger partial charge in [-0.25, -0.2) is 9.18 Å².